The highest BCUT2D eigenvalue weighted by molar-refractivity contribution is 5.95. The van der Waals surface area contributed by atoms with Gasteiger partial charge in [0.15, 0.2) is 6.61 Å². The highest BCUT2D eigenvalue weighted by atomic mass is 16.6. The van der Waals surface area contributed by atoms with Gasteiger partial charge in [-0.05, 0) is 69.8 Å². The molecule has 0 bridgehead atoms. The number of hydrogen-bond acceptors (Lipinski definition) is 4. The molecule has 3 aliphatic rings. The van der Waals surface area contributed by atoms with Crippen LogP contribution in [0.25, 0.3) is 0 Å². The first-order chi connectivity index (χ1) is 14.9. The zero-order valence-electron chi connectivity index (χ0n) is 18.9. The van der Waals surface area contributed by atoms with Gasteiger partial charge >= 0.3 is 6.09 Å². The fourth-order valence-corrected chi connectivity index (χ4v) is 5.72. The molecular weight excluding hydrogens is 390 g/mol. The first kappa shape index (κ1) is 21.7. The molecule has 2 amide bonds. The van der Waals surface area contributed by atoms with Crippen LogP contribution in [0, 0.1) is 18.8 Å². The van der Waals surface area contributed by atoms with Crippen LogP contribution in [0.1, 0.15) is 50.7 Å². The summed E-state index contributed by atoms with van der Waals surface area (Å²) in [7, 11) is 0. The zero-order valence-corrected chi connectivity index (χ0v) is 18.9. The maximum absolute atomic E-state index is 12.3. The van der Waals surface area contributed by atoms with Gasteiger partial charge in [0.05, 0.1) is 0 Å². The van der Waals surface area contributed by atoms with Crippen molar-refractivity contribution in [2.75, 3.05) is 44.2 Å². The van der Waals surface area contributed by atoms with E-state index in [0.717, 1.165) is 64.1 Å². The van der Waals surface area contributed by atoms with Crippen LogP contribution in [0.15, 0.2) is 18.2 Å². The summed E-state index contributed by atoms with van der Waals surface area (Å²) in [4.78, 5) is 30.8. The standard InChI is InChI=1S/C25H33N3O3/c1-4-5-17-31-24(30)27-13-9-21(10-14-27)26-15-11-25(12-16-26)18-28(20(3)29)22-8-6-7-19(2)23(22)25/h6-8,21H,9-18H2,1-3H3. The summed E-state index contributed by atoms with van der Waals surface area (Å²) >= 11 is 0. The van der Waals surface area contributed by atoms with E-state index in [1.807, 2.05) is 4.90 Å². The van der Waals surface area contributed by atoms with E-state index in [1.54, 1.807) is 18.7 Å². The molecule has 1 aromatic carbocycles. The van der Waals surface area contributed by atoms with E-state index in [-0.39, 0.29) is 24.0 Å². The summed E-state index contributed by atoms with van der Waals surface area (Å²) in [6.45, 7) is 10.1. The van der Waals surface area contributed by atoms with Crippen molar-refractivity contribution < 1.29 is 14.3 Å². The quantitative estimate of drug-likeness (QED) is 0.685. The number of fused-ring (bicyclic) bond motifs is 2. The monoisotopic (exact) mass is 423 g/mol. The molecule has 2 saturated heterocycles. The second kappa shape index (κ2) is 8.92. The Morgan fingerprint density at radius 2 is 1.87 bits per heavy atom. The summed E-state index contributed by atoms with van der Waals surface area (Å²) in [6.07, 6.45) is 3.87. The number of benzene rings is 1. The molecule has 0 atom stereocenters. The molecule has 0 saturated carbocycles. The first-order valence-electron chi connectivity index (χ1n) is 11.4. The Labute approximate surface area is 185 Å². The van der Waals surface area contributed by atoms with Crippen molar-refractivity contribution in [2.45, 2.75) is 57.9 Å². The number of amides is 2. The molecule has 3 aliphatic heterocycles. The van der Waals surface area contributed by atoms with Gasteiger partial charge in [-0.3, -0.25) is 4.79 Å². The number of ether oxygens (including phenoxy) is 1. The van der Waals surface area contributed by atoms with Gasteiger partial charge in [-0.2, -0.15) is 0 Å². The Balaban J connectivity index is 1.36. The second-order valence-electron chi connectivity index (χ2n) is 9.09. The third kappa shape index (κ3) is 4.16. The fraction of sp³-hybridized carbons (Fsp3) is 0.600. The topological polar surface area (TPSA) is 53.1 Å². The Hall–Kier alpha value is -2.52. The lowest BCUT2D eigenvalue weighted by Gasteiger charge is -2.45. The van der Waals surface area contributed by atoms with Gasteiger partial charge in [-0.15, -0.1) is 5.92 Å². The molecule has 1 aromatic rings. The van der Waals surface area contributed by atoms with Gasteiger partial charge in [0, 0.05) is 43.7 Å². The molecule has 4 rings (SSSR count). The molecule has 31 heavy (non-hydrogen) atoms. The lowest BCUT2D eigenvalue weighted by Crippen LogP contribution is -2.52. The van der Waals surface area contributed by atoms with E-state index >= 15 is 0 Å². The van der Waals surface area contributed by atoms with Crippen LogP contribution < -0.4 is 4.90 Å². The van der Waals surface area contributed by atoms with Crippen LogP contribution in [-0.2, 0) is 14.9 Å². The summed E-state index contributed by atoms with van der Waals surface area (Å²) in [5, 5.41) is 0. The number of aryl methyl sites for hydroxylation is 1. The van der Waals surface area contributed by atoms with Crippen LogP contribution in [0.4, 0.5) is 10.5 Å². The predicted molar refractivity (Wildman–Crippen MR) is 121 cm³/mol. The van der Waals surface area contributed by atoms with Crippen LogP contribution in [0.3, 0.4) is 0 Å². The summed E-state index contributed by atoms with van der Waals surface area (Å²) < 4.78 is 5.21. The number of carbonyl (C=O) groups is 2. The number of carbonyl (C=O) groups excluding carboxylic acids is 2. The van der Waals surface area contributed by atoms with Gasteiger partial charge in [-0.25, -0.2) is 4.79 Å². The molecule has 0 aromatic heterocycles. The molecular formula is C25H33N3O3. The average molecular weight is 424 g/mol. The minimum absolute atomic E-state index is 0.0771. The molecule has 3 heterocycles. The number of hydrogen-bond donors (Lipinski definition) is 0. The van der Waals surface area contributed by atoms with Crippen LogP contribution >= 0.6 is 0 Å². The number of rotatable bonds is 2. The van der Waals surface area contributed by atoms with Crippen LogP contribution in [0.5, 0.6) is 0 Å². The van der Waals surface area contributed by atoms with Crippen LogP contribution in [-0.4, -0.2) is 67.2 Å². The predicted octanol–water partition coefficient (Wildman–Crippen LogP) is 3.32. The zero-order chi connectivity index (χ0) is 22.0. The molecule has 6 heteroatoms. The van der Waals surface area contributed by atoms with Crippen molar-refractivity contribution in [1.29, 1.82) is 0 Å². The SMILES string of the molecule is CC#CCOC(=O)N1CCC(N2CCC3(CC2)CN(C(C)=O)c2cccc(C)c23)CC1. The Bertz CT molecular complexity index is 900. The summed E-state index contributed by atoms with van der Waals surface area (Å²) in [5.74, 6) is 5.65. The van der Waals surface area contributed by atoms with E-state index in [2.05, 4.69) is 41.9 Å². The number of piperidine rings is 2. The average Bonchev–Trinajstić information content (AvgIpc) is 3.10. The third-order valence-electron chi connectivity index (χ3n) is 7.35. The van der Waals surface area contributed by atoms with Gasteiger partial charge in [-0.1, -0.05) is 18.1 Å². The molecule has 2 fully saturated rings. The molecule has 1 spiro atoms. The molecule has 0 N–H and O–H groups in total. The van der Waals surface area contributed by atoms with Crippen molar-refractivity contribution in [1.82, 2.24) is 9.80 Å². The van der Waals surface area contributed by atoms with Crippen molar-refractivity contribution in [3.8, 4) is 11.8 Å². The lowest BCUT2D eigenvalue weighted by molar-refractivity contribution is -0.116. The smallest absolute Gasteiger partial charge is 0.410 e. The lowest BCUT2D eigenvalue weighted by atomic mass is 9.72. The molecule has 0 unspecified atom stereocenters. The fourth-order valence-electron chi connectivity index (χ4n) is 5.72. The van der Waals surface area contributed by atoms with E-state index in [4.69, 9.17) is 4.74 Å². The number of likely N-dealkylation sites (tertiary alicyclic amines) is 2. The first-order valence-corrected chi connectivity index (χ1v) is 11.4. The van der Waals surface area contributed by atoms with Crippen molar-refractivity contribution in [2.24, 2.45) is 0 Å². The normalized spacial score (nSPS) is 20.9. The van der Waals surface area contributed by atoms with Gasteiger partial charge in [0.1, 0.15) is 0 Å². The largest absolute Gasteiger partial charge is 0.436 e. The van der Waals surface area contributed by atoms with Crippen molar-refractivity contribution >= 4 is 17.7 Å². The van der Waals surface area contributed by atoms with Crippen molar-refractivity contribution in [3.63, 3.8) is 0 Å². The number of nitrogens with zero attached hydrogens (tertiary/aromatic N) is 3. The minimum Gasteiger partial charge on any atom is -0.436 e. The van der Waals surface area contributed by atoms with E-state index in [0.29, 0.717) is 6.04 Å². The Morgan fingerprint density at radius 1 is 1.16 bits per heavy atom. The third-order valence-corrected chi connectivity index (χ3v) is 7.35. The molecule has 0 radical (unpaired) electrons. The summed E-state index contributed by atoms with van der Waals surface area (Å²) in [6, 6.07) is 6.85. The Kier molecular flexibility index (Phi) is 6.24. The van der Waals surface area contributed by atoms with Gasteiger partial charge in [0.2, 0.25) is 5.91 Å². The van der Waals surface area contributed by atoms with Gasteiger partial charge < -0.3 is 19.4 Å². The highest BCUT2D eigenvalue weighted by Crippen LogP contribution is 2.48. The van der Waals surface area contributed by atoms with E-state index in [9.17, 15) is 9.59 Å². The van der Waals surface area contributed by atoms with E-state index < -0.39 is 0 Å². The molecule has 6 nitrogen and oxygen atoms in total. The van der Waals surface area contributed by atoms with E-state index in [1.165, 1.54) is 11.1 Å². The maximum Gasteiger partial charge on any atom is 0.410 e. The minimum atomic E-state index is -0.249. The molecule has 166 valence electrons. The van der Waals surface area contributed by atoms with Gasteiger partial charge in [0.25, 0.3) is 0 Å². The maximum atomic E-state index is 12.3. The summed E-state index contributed by atoms with van der Waals surface area (Å²) in [5.41, 5.74) is 3.88. The molecule has 0 aliphatic carbocycles. The second-order valence-corrected chi connectivity index (χ2v) is 9.09. The number of anilines is 1. The van der Waals surface area contributed by atoms with Crippen molar-refractivity contribution in [3.05, 3.63) is 29.3 Å². The highest BCUT2D eigenvalue weighted by Gasteiger charge is 2.47. The van der Waals surface area contributed by atoms with Crippen LogP contribution in [0.2, 0.25) is 0 Å². The Morgan fingerprint density at radius 3 is 2.52 bits per heavy atom.